The maximum atomic E-state index is 13.6. The lowest BCUT2D eigenvalue weighted by Gasteiger charge is -2.27. The number of hydrogen-bond donors (Lipinski definition) is 0. The van der Waals surface area contributed by atoms with Crippen LogP contribution in [0.1, 0.15) is 333 Å². The smallest absolute Gasteiger partial charge is 0.318 e. The van der Waals surface area contributed by atoms with Gasteiger partial charge in [-0.3, -0.25) is 57.5 Å². The van der Waals surface area contributed by atoms with Crippen LogP contribution in [0.4, 0.5) is 0 Å². The molecule has 0 saturated heterocycles. The molecule has 0 rings (SSSR count). The summed E-state index contributed by atoms with van der Waals surface area (Å²) in [5.41, 5.74) is 0. The zero-order valence-corrected chi connectivity index (χ0v) is 89.2. The zero-order chi connectivity index (χ0) is 98.2. The molecule has 0 aromatic heterocycles. The number of unbranched alkanes of at least 4 members (excludes halogenated alkanes) is 26. The Morgan fingerprint density at radius 1 is 0.188 bits per heavy atom. The molecule has 6 unspecified atom stereocenters. The van der Waals surface area contributed by atoms with Crippen molar-refractivity contribution in [2.24, 2.45) is 0 Å². The van der Waals surface area contributed by atoms with Gasteiger partial charge < -0.3 is 76.4 Å². The lowest BCUT2D eigenvalue weighted by molar-refractivity contribution is -0.152. The third-order valence-corrected chi connectivity index (χ3v) is 29.1. The molecule has 0 aliphatic heterocycles. The molecule has 0 aliphatic carbocycles. The Labute approximate surface area is 828 Å². The number of esters is 12. The first-order chi connectivity index (χ1) is 64.3. The van der Waals surface area contributed by atoms with E-state index in [0.29, 0.717) is 78.0 Å². The molecule has 0 heterocycles. The van der Waals surface area contributed by atoms with Crippen molar-refractivity contribution in [1.29, 1.82) is 0 Å². The molecule has 6 atom stereocenters. The fraction of sp³-hybridized carbons (Fsp3) is 0.879. The van der Waals surface area contributed by atoms with Gasteiger partial charge in [-0.1, -0.05) is 195 Å². The van der Waals surface area contributed by atoms with E-state index in [2.05, 4.69) is 44.4 Å². The number of carbonyl (C=O) groups excluding carboxylic acids is 12. The molecule has 0 bridgehead atoms. The molecule has 0 saturated carbocycles. The van der Waals surface area contributed by atoms with E-state index in [1.165, 1.54) is 140 Å². The van der Waals surface area contributed by atoms with Crippen molar-refractivity contribution in [3.8, 4) is 0 Å². The van der Waals surface area contributed by atoms with Crippen molar-refractivity contribution in [1.82, 2.24) is 19.6 Å². The summed E-state index contributed by atoms with van der Waals surface area (Å²) in [6, 6.07) is 0. The summed E-state index contributed by atoms with van der Waals surface area (Å²) in [5, 5.41) is -2.21. The van der Waals surface area contributed by atoms with Crippen LogP contribution in [0.15, 0.2) is 0 Å². The maximum Gasteiger partial charge on any atom is 0.318 e. The average molecular weight is 2000 g/mol. The predicted molar refractivity (Wildman–Crippen MR) is 543 cm³/mol. The minimum absolute atomic E-state index is 0.00918. The number of rotatable bonds is 96. The molecule has 0 N–H and O–H groups in total. The molecule has 28 nitrogen and oxygen atoms in total. The minimum Gasteiger partial charge on any atom is -0.462 e. The van der Waals surface area contributed by atoms with E-state index < -0.39 is 41.8 Å². The van der Waals surface area contributed by atoms with Crippen LogP contribution in [-0.2, 0) is 114 Å². The first-order valence-electron chi connectivity index (χ1n) is 50.8. The first-order valence-corrected chi connectivity index (χ1v) is 57.3. The molecule has 133 heavy (non-hydrogen) atoms. The molecular formula is C99H180N4O24S6. The highest BCUT2D eigenvalue weighted by atomic mass is 32.2. The molecule has 776 valence electrons. The second-order valence-corrected chi connectivity index (χ2v) is 42.3. The molecule has 0 aromatic carbocycles. The van der Waals surface area contributed by atoms with Gasteiger partial charge in [0.1, 0.15) is 79.3 Å². The van der Waals surface area contributed by atoms with Gasteiger partial charge in [0.25, 0.3) is 0 Å². The predicted octanol–water partition coefficient (Wildman–Crippen LogP) is 18.8. The van der Waals surface area contributed by atoms with Gasteiger partial charge in [-0.2, -0.15) is 11.8 Å². The Morgan fingerprint density at radius 3 is 0.519 bits per heavy atom. The Kier molecular flexibility index (Phi) is 89.5. The molecule has 0 fully saturated rings. The van der Waals surface area contributed by atoms with Crippen LogP contribution in [0.25, 0.3) is 0 Å². The van der Waals surface area contributed by atoms with E-state index >= 15 is 0 Å². The van der Waals surface area contributed by atoms with Crippen LogP contribution in [0.3, 0.4) is 0 Å². The van der Waals surface area contributed by atoms with Gasteiger partial charge in [0, 0.05) is 39.3 Å². The third kappa shape index (κ3) is 81.0. The minimum atomic E-state index is -0.526. The zero-order valence-electron chi connectivity index (χ0n) is 84.3. The molecule has 34 heteroatoms. The van der Waals surface area contributed by atoms with E-state index in [9.17, 15) is 57.5 Å². The summed E-state index contributed by atoms with van der Waals surface area (Å²) >= 11 is 9.10. The first kappa shape index (κ1) is 129. The van der Waals surface area contributed by atoms with Gasteiger partial charge in [-0.25, -0.2) is 0 Å². The van der Waals surface area contributed by atoms with E-state index in [0.717, 1.165) is 93.0 Å². The molecule has 0 aliphatic rings. The fourth-order valence-electron chi connectivity index (χ4n) is 13.6. The highest BCUT2D eigenvalue weighted by molar-refractivity contribution is 8.01. The molecular weight excluding hydrogens is 1820 g/mol. The number of nitrogens with zero attached hydrogens (tertiary/aromatic N) is 4. The van der Waals surface area contributed by atoms with Gasteiger partial charge in [0.2, 0.25) is 0 Å². The monoisotopic (exact) mass is 2000 g/mol. The summed E-state index contributed by atoms with van der Waals surface area (Å²) in [6.07, 6.45) is 38.6. The van der Waals surface area contributed by atoms with Crippen LogP contribution >= 0.6 is 70.6 Å². The lowest BCUT2D eigenvalue weighted by Crippen LogP contribution is -2.36. The van der Waals surface area contributed by atoms with Crippen LogP contribution in [0, 0.1) is 0 Å². The molecule has 0 aromatic rings. The summed E-state index contributed by atoms with van der Waals surface area (Å²) in [6.45, 7) is 24.6. The second-order valence-electron chi connectivity index (χ2n) is 33.9. The van der Waals surface area contributed by atoms with Crippen molar-refractivity contribution in [2.75, 3.05) is 193 Å². The van der Waals surface area contributed by atoms with Crippen molar-refractivity contribution in [3.63, 3.8) is 0 Å². The number of thioether (sulfide) groups is 6. The van der Waals surface area contributed by atoms with Gasteiger partial charge in [-0.15, -0.1) is 58.8 Å². The standard InChI is InChI=1S/C99H180N4O24S6/c1-13-18-23-28-33-40-77-129-83(7)95(111)123-72-66-117-88(104)47-59-100(55-45-57-102(61-49-90(106)116-65-71-122-94(110)82(6)128-12)62-50-91(107)119-68-74-125-97(113)85(9)131-79-42-35-30-25-20-15-3)53-38-39-54-101(60-48-89(105)118-67-73-124-96(112)84(8)130-78-41-34-29-24-19-14-2)56-46-58-103(63-51-92(108)120-69-75-126-98(114)86(10)132-80-43-36-31-26-21-16-4)64-52-93(109)121-70-76-127-99(115)87(11)133-81-44-37-32-27-22-17-5/h82-87H,13-81H2,1-12H3. The van der Waals surface area contributed by atoms with Gasteiger partial charge in [-0.05, 0) is 174 Å². The normalized spacial score (nSPS) is 12.8. The Bertz CT molecular complexity index is 2900. The maximum absolute atomic E-state index is 13.6. The average Bonchev–Trinajstić information content (AvgIpc) is 0.942. The molecule has 0 radical (unpaired) electrons. The quantitative estimate of drug-likeness (QED) is 0.0310. The second kappa shape index (κ2) is 92.6. The molecule has 0 amide bonds. The van der Waals surface area contributed by atoms with Crippen LogP contribution < -0.4 is 0 Å². The van der Waals surface area contributed by atoms with Gasteiger partial charge in [0.05, 0.1) is 70.0 Å². The SMILES string of the molecule is CCCCCCCCSC(C)C(=O)OCCOC(=O)CCN(CCCCN(CCCN(CCC(=O)OCCOC(=O)C(C)SCCCCCCCC)CCC(=O)OCCOC(=O)C(C)SCCCCCCCC)CCC(=O)OCCOC(=O)C(C)SCCCCCCCC)CCCN(CCC(=O)OCCOC(=O)C(C)SC)CCC(=O)OCCOC(=O)C(C)SCCCCCCCC. The highest BCUT2D eigenvalue weighted by Crippen LogP contribution is 2.23. The van der Waals surface area contributed by atoms with Crippen LogP contribution in [0.2, 0.25) is 0 Å². The highest BCUT2D eigenvalue weighted by Gasteiger charge is 2.24. The summed E-state index contributed by atoms with van der Waals surface area (Å²) in [5.74, 6) is -1.06. The van der Waals surface area contributed by atoms with Crippen molar-refractivity contribution in [3.05, 3.63) is 0 Å². The van der Waals surface area contributed by atoms with Crippen molar-refractivity contribution < 1.29 is 114 Å². The number of hydrogen-bond acceptors (Lipinski definition) is 34. The number of carbonyl (C=O) groups is 12. The lowest BCUT2D eigenvalue weighted by atomic mass is 10.1. The summed E-state index contributed by atoms with van der Waals surface area (Å²) < 4.78 is 66.1. The third-order valence-electron chi connectivity index (χ3n) is 22.1. The van der Waals surface area contributed by atoms with Crippen molar-refractivity contribution >= 4 is 142 Å². The van der Waals surface area contributed by atoms with E-state index in [4.69, 9.17) is 56.8 Å². The van der Waals surface area contributed by atoms with E-state index in [-0.39, 0.29) is 205 Å². The fourth-order valence-corrected chi connectivity index (χ4v) is 18.5. The summed E-state index contributed by atoms with van der Waals surface area (Å²) in [7, 11) is 0. The van der Waals surface area contributed by atoms with E-state index in [1.807, 2.05) is 44.4 Å². The number of ether oxygens (including phenoxy) is 12. The molecule has 0 spiro atoms. The van der Waals surface area contributed by atoms with Gasteiger partial charge in [0.15, 0.2) is 0 Å². The Hall–Kier alpha value is -4.42. The van der Waals surface area contributed by atoms with Crippen LogP contribution in [0.5, 0.6) is 0 Å². The largest absolute Gasteiger partial charge is 0.462 e. The summed E-state index contributed by atoms with van der Waals surface area (Å²) in [4.78, 5) is 165. The van der Waals surface area contributed by atoms with Gasteiger partial charge >= 0.3 is 71.6 Å². The van der Waals surface area contributed by atoms with E-state index in [1.54, 1.807) is 72.0 Å². The topological polar surface area (TPSA) is 329 Å². The van der Waals surface area contributed by atoms with Crippen molar-refractivity contribution in [2.45, 2.75) is 364 Å². The van der Waals surface area contributed by atoms with Crippen LogP contribution in [-0.4, -0.2) is 316 Å². The Morgan fingerprint density at radius 2 is 0.338 bits per heavy atom. The Balaban J connectivity index is 6.98.